The quantitative estimate of drug-likeness (QED) is 0.800. The summed E-state index contributed by atoms with van der Waals surface area (Å²) >= 11 is 0. The van der Waals surface area contributed by atoms with E-state index in [0.29, 0.717) is 23.5 Å². The molecule has 1 N–H and O–H groups in total. The Hall–Kier alpha value is -2.84. The van der Waals surface area contributed by atoms with Crippen LogP contribution >= 0.6 is 0 Å². The van der Waals surface area contributed by atoms with E-state index in [9.17, 15) is 22.8 Å². The molecular weight excluding hydrogens is 397 g/mol. The van der Waals surface area contributed by atoms with Gasteiger partial charge >= 0.3 is 6.18 Å². The van der Waals surface area contributed by atoms with Crippen LogP contribution in [0.4, 0.5) is 13.2 Å². The van der Waals surface area contributed by atoms with Gasteiger partial charge in [0.05, 0.1) is 29.4 Å². The molecule has 0 aliphatic carbocycles. The Balaban J connectivity index is 1.75. The van der Waals surface area contributed by atoms with E-state index in [1.165, 1.54) is 10.7 Å². The molecule has 1 fully saturated rings. The highest BCUT2D eigenvalue weighted by molar-refractivity contribution is 5.89. The monoisotopic (exact) mass is 422 g/mol. The first-order valence-electron chi connectivity index (χ1n) is 9.81. The van der Waals surface area contributed by atoms with Crippen LogP contribution in [0.25, 0.3) is 5.69 Å². The molecule has 3 rings (SSSR count). The van der Waals surface area contributed by atoms with Gasteiger partial charge in [0.15, 0.2) is 0 Å². The van der Waals surface area contributed by atoms with Crippen LogP contribution in [0.15, 0.2) is 30.5 Å². The Bertz CT molecular complexity index is 952. The van der Waals surface area contributed by atoms with E-state index in [2.05, 4.69) is 10.4 Å². The number of carbonyl (C=O) groups excluding carboxylic acids is 2. The number of benzene rings is 1. The highest BCUT2D eigenvalue weighted by Crippen LogP contribution is 2.31. The molecule has 0 saturated carbocycles. The summed E-state index contributed by atoms with van der Waals surface area (Å²) < 4.78 is 40.5. The summed E-state index contributed by atoms with van der Waals surface area (Å²) in [6.45, 7) is 7.73. The zero-order valence-electron chi connectivity index (χ0n) is 17.3. The maximum Gasteiger partial charge on any atom is 0.416 e. The summed E-state index contributed by atoms with van der Waals surface area (Å²) in [7, 11) is 0. The number of hydrogen-bond donors (Lipinski definition) is 1. The largest absolute Gasteiger partial charge is 0.416 e. The lowest BCUT2D eigenvalue weighted by molar-refractivity contribution is -0.137. The highest BCUT2D eigenvalue weighted by Gasteiger charge is 2.36. The average molecular weight is 422 g/mol. The van der Waals surface area contributed by atoms with Crippen LogP contribution in [-0.2, 0) is 15.8 Å². The number of alkyl halides is 3. The second-order valence-corrected chi connectivity index (χ2v) is 7.92. The fourth-order valence-corrected chi connectivity index (χ4v) is 3.74. The van der Waals surface area contributed by atoms with Crippen molar-refractivity contribution in [1.29, 1.82) is 0 Å². The molecule has 9 heteroatoms. The van der Waals surface area contributed by atoms with Crippen LogP contribution in [0.3, 0.4) is 0 Å². The van der Waals surface area contributed by atoms with Gasteiger partial charge in [0.2, 0.25) is 11.8 Å². The molecule has 162 valence electrons. The van der Waals surface area contributed by atoms with E-state index < -0.39 is 23.7 Å². The SMILES string of the molecule is Cc1c([C@H](C)NC(=O)[C@H]2CC(=O)N(C(C)C)C2)cnn1-c1cccc(C(F)(F)F)c1. The number of likely N-dealkylation sites (tertiary alicyclic amines) is 1. The Labute approximate surface area is 173 Å². The van der Waals surface area contributed by atoms with Crippen LogP contribution in [0.1, 0.15) is 50.1 Å². The van der Waals surface area contributed by atoms with Gasteiger partial charge < -0.3 is 10.2 Å². The van der Waals surface area contributed by atoms with Crippen LogP contribution in [-0.4, -0.2) is 39.1 Å². The third-order valence-corrected chi connectivity index (χ3v) is 5.44. The predicted octanol–water partition coefficient (Wildman–Crippen LogP) is 3.63. The van der Waals surface area contributed by atoms with Crippen molar-refractivity contribution in [2.45, 2.75) is 52.4 Å². The first kappa shape index (κ1) is 21.9. The van der Waals surface area contributed by atoms with E-state index in [1.807, 2.05) is 13.8 Å². The van der Waals surface area contributed by atoms with Gasteiger partial charge in [-0.3, -0.25) is 9.59 Å². The van der Waals surface area contributed by atoms with Gasteiger partial charge in [-0.25, -0.2) is 4.68 Å². The van der Waals surface area contributed by atoms with Gasteiger partial charge in [0.1, 0.15) is 0 Å². The average Bonchev–Trinajstić information content (AvgIpc) is 3.24. The van der Waals surface area contributed by atoms with Crippen molar-refractivity contribution in [2.24, 2.45) is 5.92 Å². The molecule has 6 nitrogen and oxygen atoms in total. The van der Waals surface area contributed by atoms with Gasteiger partial charge in [0, 0.05) is 30.3 Å². The Morgan fingerprint density at radius 1 is 1.27 bits per heavy atom. The van der Waals surface area contributed by atoms with Crippen molar-refractivity contribution in [3.63, 3.8) is 0 Å². The third-order valence-electron chi connectivity index (χ3n) is 5.44. The zero-order valence-corrected chi connectivity index (χ0v) is 17.3. The molecule has 1 aromatic carbocycles. The van der Waals surface area contributed by atoms with Crippen molar-refractivity contribution in [3.8, 4) is 5.69 Å². The minimum atomic E-state index is -4.44. The molecule has 2 amide bonds. The van der Waals surface area contributed by atoms with E-state index in [0.717, 1.165) is 12.1 Å². The Kier molecular flexibility index (Phi) is 5.92. The first-order valence-corrected chi connectivity index (χ1v) is 9.81. The number of hydrogen-bond acceptors (Lipinski definition) is 3. The van der Waals surface area contributed by atoms with Crippen LogP contribution in [0, 0.1) is 12.8 Å². The standard InChI is InChI=1S/C21H25F3N4O2/c1-12(2)27-11-15(8-19(27)29)20(30)26-13(3)18-10-25-28(14(18)4)17-7-5-6-16(9-17)21(22,23)24/h5-7,9-10,12-13,15H,8,11H2,1-4H3,(H,26,30)/t13-,15-/m0/s1. The van der Waals surface area contributed by atoms with Gasteiger partial charge in [0.25, 0.3) is 0 Å². The number of halogens is 3. The molecule has 0 unspecified atom stereocenters. The number of nitrogens with one attached hydrogen (secondary N) is 1. The van der Waals surface area contributed by atoms with Crippen molar-refractivity contribution in [2.75, 3.05) is 6.54 Å². The number of rotatable bonds is 5. The number of aromatic nitrogens is 2. The lowest BCUT2D eigenvalue weighted by Gasteiger charge is -2.21. The lowest BCUT2D eigenvalue weighted by atomic mass is 10.1. The van der Waals surface area contributed by atoms with E-state index in [-0.39, 0.29) is 24.3 Å². The second kappa shape index (κ2) is 8.12. The summed E-state index contributed by atoms with van der Waals surface area (Å²) in [5.41, 5.74) is 0.874. The van der Waals surface area contributed by atoms with Crippen LogP contribution in [0.2, 0.25) is 0 Å². The van der Waals surface area contributed by atoms with Crippen molar-refractivity contribution < 1.29 is 22.8 Å². The molecular formula is C21H25F3N4O2. The molecule has 1 aromatic heterocycles. The summed E-state index contributed by atoms with van der Waals surface area (Å²) in [4.78, 5) is 26.4. The normalized spacial score (nSPS) is 18.2. The van der Waals surface area contributed by atoms with Crippen molar-refractivity contribution >= 4 is 11.8 Å². The molecule has 1 saturated heterocycles. The van der Waals surface area contributed by atoms with Crippen LogP contribution in [0.5, 0.6) is 0 Å². The number of amides is 2. The molecule has 1 aliphatic heterocycles. The summed E-state index contributed by atoms with van der Waals surface area (Å²) in [5.74, 6) is -0.669. The van der Waals surface area contributed by atoms with Gasteiger partial charge in [-0.2, -0.15) is 18.3 Å². The number of nitrogens with zero attached hydrogens (tertiary/aromatic N) is 3. The molecule has 0 bridgehead atoms. The maximum atomic E-state index is 13.0. The Morgan fingerprint density at radius 3 is 2.57 bits per heavy atom. The topological polar surface area (TPSA) is 67.2 Å². The highest BCUT2D eigenvalue weighted by atomic mass is 19.4. The van der Waals surface area contributed by atoms with E-state index in [4.69, 9.17) is 0 Å². The summed E-state index contributed by atoms with van der Waals surface area (Å²) in [6, 6.07) is 4.57. The number of carbonyl (C=O) groups is 2. The fourth-order valence-electron chi connectivity index (χ4n) is 3.74. The molecule has 1 aliphatic rings. The maximum absolute atomic E-state index is 13.0. The van der Waals surface area contributed by atoms with Crippen molar-refractivity contribution in [1.82, 2.24) is 20.0 Å². The minimum absolute atomic E-state index is 0.0358. The van der Waals surface area contributed by atoms with Crippen LogP contribution < -0.4 is 5.32 Å². The van der Waals surface area contributed by atoms with Crippen molar-refractivity contribution in [3.05, 3.63) is 47.3 Å². The smallest absolute Gasteiger partial charge is 0.349 e. The molecule has 2 atom stereocenters. The summed E-state index contributed by atoms with van der Waals surface area (Å²) in [5, 5.41) is 7.13. The molecule has 2 aromatic rings. The van der Waals surface area contributed by atoms with Gasteiger partial charge in [-0.1, -0.05) is 6.07 Å². The molecule has 2 heterocycles. The molecule has 30 heavy (non-hydrogen) atoms. The molecule has 0 radical (unpaired) electrons. The minimum Gasteiger partial charge on any atom is -0.349 e. The first-order chi connectivity index (χ1) is 14.0. The second-order valence-electron chi connectivity index (χ2n) is 7.92. The zero-order chi connectivity index (χ0) is 22.2. The summed E-state index contributed by atoms with van der Waals surface area (Å²) in [6.07, 6.45) is -2.72. The van der Waals surface area contributed by atoms with Gasteiger partial charge in [-0.05, 0) is 45.9 Å². The van der Waals surface area contributed by atoms with E-state index in [1.54, 1.807) is 31.0 Å². The molecule has 0 spiro atoms. The fraction of sp³-hybridized carbons (Fsp3) is 0.476. The van der Waals surface area contributed by atoms with Gasteiger partial charge in [-0.15, -0.1) is 0 Å². The van der Waals surface area contributed by atoms with E-state index >= 15 is 0 Å². The lowest BCUT2D eigenvalue weighted by Crippen LogP contribution is -2.36. The Morgan fingerprint density at radius 2 is 1.97 bits per heavy atom. The third kappa shape index (κ3) is 4.34. The predicted molar refractivity (Wildman–Crippen MR) is 105 cm³/mol.